The first kappa shape index (κ1) is 22.8. The van der Waals surface area contributed by atoms with Crippen LogP contribution >= 0.6 is 0 Å². The lowest BCUT2D eigenvalue weighted by Gasteiger charge is -2.14. The maximum atomic E-state index is 11.7. The number of hydrogen-bond acceptors (Lipinski definition) is 5. The fourth-order valence-corrected chi connectivity index (χ4v) is 4.94. The third kappa shape index (κ3) is 4.29. The second kappa shape index (κ2) is 9.43. The molecule has 3 aromatic carbocycles. The van der Waals surface area contributed by atoms with E-state index in [4.69, 9.17) is 14.2 Å². The van der Waals surface area contributed by atoms with Crippen LogP contribution in [0.5, 0.6) is 5.75 Å². The zero-order valence-electron chi connectivity index (χ0n) is 20.7. The molecule has 184 valence electrons. The monoisotopic (exact) mass is 490 g/mol. The number of rotatable bonds is 5. The first-order valence-corrected chi connectivity index (χ1v) is 12.3. The van der Waals surface area contributed by atoms with Gasteiger partial charge in [0.25, 0.3) is 0 Å². The molecule has 7 heteroatoms. The van der Waals surface area contributed by atoms with Gasteiger partial charge >= 0.3 is 5.76 Å². The van der Waals surface area contributed by atoms with Gasteiger partial charge in [0.2, 0.25) is 0 Å². The minimum absolute atomic E-state index is 0.408. The van der Waals surface area contributed by atoms with E-state index in [0.717, 1.165) is 62.7 Å². The van der Waals surface area contributed by atoms with E-state index in [1.54, 1.807) is 0 Å². The number of imidazole rings is 1. The molecule has 1 aliphatic rings. The average molecular weight is 491 g/mol. The van der Waals surface area contributed by atoms with E-state index in [1.165, 1.54) is 0 Å². The Kier molecular flexibility index (Phi) is 5.81. The Bertz CT molecular complexity index is 1670. The van der Waals surface area contributed by atoms with E-state index >= 15 is 0 Å². The highest BCUT2D eigenvalue weighted by molar-refractivity contribution is 5.99. The summed E-state index contributed by atoms with van der Waals surface area (Å²) in [6.45, 7) is 5.21. The van der Waals surface area contributed by atoms with Crippen molar-refractivity contribution in [1.29, 1.82) is 0 Å². The van der Waals surface area contributed by atoms with Gasteiger partial charge in [-0.15, -0.1) is 0 Å². The van der Waals surface area contributed by atoms with E-state index in [-0.39, 0.29) is 0 Å². The summed E-state index contributed by atoms with van der Waals surface area (Å²) in [6, 6.07) is 24.7. The molecule has 0 unspecified atom stereocenters. The van der Waals surface area contributed by atoms with Crippen LogP contribution in [0.1, 0.15) is 47.8 Å². The lowest BCUT2D eigenvalue weighted by atomic mass is 9.89. The molecule has 0 radical (unpaired) electrons. The Labute approximate surface area is 214 Å². The predicted molar refractivity (Wildman–Crippen MR) is 142 cm³/mol. The van der Waals surface area contributed by atoms with Crippen LogP contribution in [0.4, 0.5) is 0 Å². The van der Waals surface area contributed by atoms with Gasteiger partial charge in [0, 0.05) is 35.9 Å². The summed E-state index contributed by atoms with van der Waals surface area (Å²) in [6.07, 6.45) is 2.97. The molecule has 0 amide bonds. The number of fused-ring (bicyclic) bond motifs is 2. The summed E-state index contributed by atoms with van der Waals surface area (Å²) in [5, 5.41) is 3.94. The van der Waals surface area contributed by atoms with Crippen LogP contribution in [-0.4, -0.2) is 19.7 Å². The normalized spacial score (nSPS) is 13.9. The number of aromatic nitrogens is 4. The zero-order chi connectivity index (χ0) is 25.4. The van der Waals surface area contributed by atoms with Gasteiger partial charge in [0.15, 0.2) is 5.82 Å². The summed E-state index contributed by atoms with van der Waals surface area (Å²) in [4.78, 5) is 19.2. The van der Waals surface area contributed by atoms with Gasteiger partial charge in [-0.05, 0) is 41.3 Å². The third-order valence-corrected chi connectivity index (χ3v) is 6.75. The molecule has 0 atom stereocenters. The summed E-state index contributed by atoms with van der Waals surface area (Å²) in [7, 11) is 0. The summed E-state index contributed by atoms with van der Waals surface area (Å²) >= 11 is 0. The number of H-pyrrole nitrogens is 1. The SMILES string of the molecule is CCc1nc(-c2ccccc2)cn1Cc1ccc2c(c1)COc1ccccc1/C2=C(/C)c1noc(=O)[nH]1. The summed E-state index contributed by atoms with van der Waals surface area (Å²) in [5.74, 6) is 1.66. The number of aryl methyl sites for hydroxylation is 1. The van der Waals surface area contributed by atoms with Crippen molar-refractivity contribution >= 4 is 11.1 Å². The van der Waals surface area contributed by atoms with E-state index in [0.29, 0.717) is 19.0 Å². The predicted octanol–water partition coefficient (Wildman–Crippen LogP) is 5.71. The zero-order valence-corrected chi connectivity index (χ0v) is 20.7. The van der Waals surface area contributed by atoms with Gasteiger partial charge in [-0.2, -0.15) is 0 Å². The Morgan fingerprint density at radius 2 is 1.84 bits per heavy atom. The minimum atomic E-state index is -0.578. The number of aromatic amines is 1. The molecular weight excluding hydrogens is 464 g/mol. The smallest absolute Gasteiger partial charge is 0.439 e. The lowest BCUT2D eigenvalue weighted by molar-refractivity contribution is 0.307. The molecule has 0 saturated carbocycles. The number of para-hydroxylation sites is 1. The maximum Gasteiger partial charge on any atom is 0.439 e. The van der Waals surface area contributed by atoms with Crippen LogP contribution in [0, 0.1) is 0 Å². The Hall–Kier alpha value is -4.65. The second-order valence-corrected chi connectivity index (χ2v) is 9.11. The number of nitrogens with one attached hydrogen (secondary N) is 1. The maximum absolute atomic E-state index is 11.7. The largest absolute Gasteiger partial charge is 0.488 e. The van der Waals surface area contributed by atoms with Crippen molar-refractivity contribution in [2.45, 2.75) is 33.4 Å². The number of allylic oxidation sites excluding steroid dienone is 1. The first-order valence-electron chi connectivity index (χ1n) is 12.3. The van der Waals surface area contributed by atoms with Gasteiger partial charge < -0.3 is 9.30 Å². The van der Waals surface area contributed by atoms with Crippen molar-refractivity contribution in [3.8, 4) is 17.0 Å². The summed E-state index contributed by atoms with van der Waals surface area (Å²) in [5.41, 5.74) is 8.08. The molecule has 3 heterocycles. The molecule has 6 rings (SSSR count). The Morgan fingerprint density at radius 3 is 2.62 bits per heavy atom. The van der Waals surface area contributed by atoms with Gasteiger partial charge in [-0.25, -0.2) is 9.78 Å². The number of ether oxygens (including phenoxy) is 1. The molecule has 0 bridgehead atoms. The molecule has 0 spiro atoms. The third-order valence-electron chi connectivity index (χ3n) is 6.75. The molecule has 5 aromatic rings. The average Bonchev–Trinajstić information content (AvgIpc) is 3.51. The molecule has 1 aliphatic heterocycles. The highest BCUT2D eigenvalue weighted by atomic mass is 16.5. The van der Waals surface area contributed by atoms with Gasteiger partial charge in [-0.3, -0.25) is 9.51 Å². The highest BCUT2D eigenvalue weighted by Gasteiger charge is 2.23. The summed E-state index contributed by atoms with van der Waals surface area (Å²) < 4.78 is 13.2. The molecule has 7 nitrogen and oxygen atoms in total. The van der Waals surface area contributed by atoms with Crippen LogP contribution in [0.2, 0.25) is 0 Å². The standard InChI is InChI=1S/C30H26N4O3/c1-3-27-31-25(21-9-5-4-6-10-21)17-34(27)16-20-13-14-23-22(15-20)18-36-26-12-8-7-11-24(26)28(23)19(2)29-32-30(35)37-33-29/h4-15,17H,3,16,18H2,1-2H3,(H,32,33,35)/b28-19-. The van der Waals surface area contributed by atoms with Crippen molar-refractivity contribution in [3.05, 3.63) is 123 Å². The van der Waals surface area contributed by atoms with Gasteiger partial charge in [0.05, 0.1) is 5.69 Å². The molecule has 2 aromatic heterocycles. The fraction of sp³-hybridized carbons (Fsp3) is 0.167. The Morgan fingerprint density at radius 1 is 1.03 bits per heavy atom. The van der Waals surface area contributed by atoms with Crippen LogP contribution in [0.25, 0.3) is 22.4 Å². The quantitative estimate of drug-likeness (QED) is 0.341. The highest BCUT2D eigenvalue weighted by Crippen LogP contribution is 2.40. The topological polar surface area (TPSA) is 85.9 Å². The molecular formula is C30H26N4O3. The van der Waals surface area contributed by atoms with Gasteiger partial charge in [0.1, 0.15) is 18.2 Å². The number of benzene rings is 3. The van der Waals surface area contributed by atoms with Crippen LogP contribution in [-0.2, 0) is 19.6 Å². The fourth-order valence-electron chi connectivity index (χ4n) is 4.94. The van der Waals surface area contributed by atoms with E-state index in [9.17, 15) is 4.79 Å². The lowest BCUT2D eigenvalue weighted by Crippen LogP contribution is -2.05. The second-order valence-electron chi connectivity index (χ2n) is 9.11. The van der Waals surface area contributed by atoms with Crippen LogP contribution in [0.3, 0.4) is 0 Å². The van der Waals surface area contributed by atoms with E-state index < -0.39 is 5.76 Å². The number of nitrogens with zero attached hydrogens (tertiary/aromatic N) is 3. The minimum Gasteiger partial charge on any atom is -0.488 e. The van der Waals surface area contributed by atoms with Crippen LogP contribution in [0.15, 0.2) is 88.3 Å². The van der Waals surface area contributed by atoms with Crippen molar-refractivity contribution in [2.24, 2.45) is 0 Å². The van der Waals surface area contributed by atoms with E-state index in [2.05, 4.69) is 58.2 Å². The molecule has 37 heavy (non-hydrogen) atoms. The number of hydrogen-bond donors (Lipinski definition) is 1. The van der Waals surface area contributed by atoms with E-state index in [1.807, 2.05) is 49.4 Å². The molecule has 0 saturated heterocycles. The van der Waals surface area contributed by atoms with Crippen molar-refractivity contribution in [1.82, 2.24) is 19.7 Å². The molecule has 1 N–H and O–H groups in total. The van der Waals surface area contributed by atoms with Crippen LogP contribution < -0.4 is 10.5 Å². The Balaban J connectivity index is 1.42. The first-order chi connectivity index (χ1) is 18.1. The molecule has 0 fully saturated rings. The van der Waals surface area contributed by atoms with Crippen molar-refractivity contribution < 1.29 is 9.26 Å². The van der Waals surface area contributed by atoms with Gasteiger partial charge in [-0.1, -0.05) is 72.7 Å². The molecule has 0 aliphatic carbocycles. The van der Waals surface area contributed by atoms with Crippen molar-refractivity contribution in [3.63, 3.8) is 0 Å². The van der Waals surface area contributed by atoms with Crippen molar-refractivity contribution in [2.75, 3.05) is 0 Å².